The first-order valence-electron chi connectivity index (χ1n) is 6.73. The molecular weight excluding hydrogens is 226 g/mol. The summed E-state index contributed by atoms with van der Waals surface area (Å²) in [6.07, 6.45) is 3.80. The average molecular weight is 247 g/mol. The van der Waals surface area contributed by atoms with Crippen LogP contribution < -0.4 is 5.32 Å². The van der Waals surface area contributed by atoms with Crippen LogP contribution in [-0.4, -0.2) is 24.7 Å². The molecule has 1 aliphatic rings. The van der Waals surface area contributed by atoms with Gasteiger partial charge in [0, 0.05) is 12.1 Å². The Morgan fingerprint density at radius 3 is 2.72 bits per heavy atom. The van der Waals surface area contributed by atoms with Gasteiger partial charge < -0.3 is 10.1 Å². The largest absolute Gasteiger partial charge is 0.466 e. The molecule has 0 aromatic heterocycles. The van der Waals surface area contributed by atoms with E-state index in [9.17, 15) is 4.79 Å². The van der Waals surface area contributed by atoms with E-state index in [1.165, 1.54) is 18.4 Å². The lowest BCUT2D eigenvalue weighted by Crippen LogP contribution is -2.35. The third-order valence-corrected chi connectivity index (χ3v) is 3.09. The van der Waals surface area contributed by atoms with E-state index < -0.39 is 0 Å². The van der Waals surface area contributed by atoms with Crippen molar-refractivity contribution in [1.29, 1.82) is 0 Å². The zero-order valence-electron chi connectivity index (χ0n) is 10.9. The van der Waals surface area contributed by atoms with Crippen LogP contribution in [0.2, 0.25) is 0 Å². The minimum atomic E-state index is -0.105. The smallest absolute Gasteiger partial charge is 0.307 e. The first-order chi connectivity index (χ1) is 8.78. The summed E-state index contributed by atoms with van der Waals surface area (Å²) in [7, 11) is 0. The first kappa shape index (κ1) is 13.1. The second-order valence-corrected chi connectivity index (χ2v) is 4.84. The van der Waals surface area contributed by atoms with Crippen molar-refractivity contribution in [2.45, 2.75) is 44.7 Å². The molecule has 2 rings (SSSR count). The van der Waals surface area contributed by atoms with E-state index in [-0.39, 0.29) is 12.0 Å². The molecule has 0 radical (unpaired) electrons. The number of nitrogens with one attached hydrogen (secondary N) is 1. The van der Waals surface area contributed by atoms with Gasteiger partial charge in [-0.2, -0.15) is 0 Å². The number of hydrogen-bond donors (Lipinski definition) is 1. The summed E-state index contributed by atoms with van der Waals surface area (Å²) in [6, 6.07) is 11.1. The fraction of sp³-hybridized carbons (Fsp3) is 0.533. The number of esters is 1. The summed E-state index contributed by atoms with van der Waals surface area (Å²) < 4.78 is 5.03. The Morgan fingerprint density at radius 2 is 2.11 bits per heavy atom. The summed E-state index contributed by atoms with van der Waals surface area (Å²) in [5.41, 5.74) is 1.26. The lowest BCUT2D eigenvalue weighted by Gasteiger charge is -2.17. The molecule has 0 spiro atoms. The number of rotatable bonds is 7. The monoisotopic (exact) mass is 247 g/mol. The SMILES string of the molecule is CCOC(=O)C[C@@H](Cc1ccccc1)NC1CC1. The molecule has 1 atom stereocenters. The van der Waals surface area contributed by atoms with Gasteiger partial charge >= 0.3 is 5.97 Å². The van der Waals surface area contributed by atoms with Crippen molar-refractivity contribution < 1.29 is 9.53 Å². The van der Waals surface area contributed by atoms with Crippen molar-refractivity contribution in [3.05, 3.63) is 35.9 Å². The molecule has 0 unspecified atom stereocenters. The van der Waals surface area contributed by atoms with Crippen molar-refractivity contribution in [3.63, 3.8) is 0 Å². The normalized spacial score (nSPS) is 16.3. The van der Waals surface area contributed by atoms with Crippen molar-refractivity contribution in [3.8, 4) is 0 Å². The van der Waals surface area contributed by atoms with Gasteiger partial charge in [0.15, 0.2) is 0 Å². The van der Waals surface area contributed by atoms with Gasteiger partial charge in [-0.15, -0.1) is 0 Å². The molecular formula is C15H21NO2. The van der Waals surface area contributed by atoms with Gasteiger partial charge in [0.2, 0.25) is 0 Å². The number of hydrogen-bond acceptors (Lipinski definition) is 3. The molecule has 0 amide bonds. The van der Waals surface area contributed by atoms with Crippen LogP contribution in [0.3, 0.4) is 0 Å². The highest BCUT2D eigenvalue weighted by molar-refractivity contribution is 5.70. The number of ether oxygens (including phenoxy) is 1. The average Bonchev–Trinajstić information content (AvgIpc) is 3.14. The molecule has 0 bridgehead atoms. The third kappa shape index (κ3) is 4.49. The molecule has 1 N–H and O–H groups in total. The lowest BCUT2D eigenvalue weighted by molar-refractivity contribution is -0.143. The van der Waals surface area contributed by atoms with Gasteiger partial charge in [0.1, 0.15) is 0 Å². The maximum absolute atomic E-state index is 11.6. The van der Waals surface area contributed by atoms with Crippen LogP contribution in [0, 0.1) is 0 Å². The zero-order valence-corrected chi connectivity index (χ0v) is 10.9. The van der Waals surface area contributed by atoms with E-state index in [1.54, 1.807) is 0 Å². The minimum absolute atomic E-state index is 0.105. The molecule has 1 fully saturated rings. The molecule has 18 heavy (non-hydrogen) atoms. The van der Waals surface area contributed by atoms with Crippen LogP contribution in [0.5, 0.6) is 0 Å². The Bertz CT molecular complexity index is 373. The van der Waals surface area contributed by atoms with Gasteiger partial charge in [-0.25, -0.2) is 0 Å². The Labute approximate surface area is 109 Å². The summed E-state index contributed by atoms with van der Waals surface area (Å²) >= 11 is 0. The van der Waals surface area contributed by atoms with Crippen molar-refractivity contribution in [2.24, 2.45) is 0 Å². The highest BCUT2D eigenvalue weighted by Gasteiger charge is 2.26. The number of carbonyl (C=O) groups is 1. The molecule has 3 nitrogen and oxygen atoms in total. The van der Waals surface area contributed by atoms with Gasteiger partial charge in [0.05, 0.1) is 13.0 Å². The molecule has 1 aromatic carbocycles. The summed E-state index contributed by atoms with van der Waals surface area (Å²) in [4.78, 5) is 11.6. The number of carbonyl (C=O) groups excluding carboxylic acids is 1. The van der Waals surface area contributed by atoms with Crippen molar-refractivity contribution in [2.75, 3.05) is 6.61 Å². The topological polar surface area (TPSA) is 38.3 Å². The second kappa shape index (κ2) is 6.55. The predicted octanol–water partition coefficient (Wildman–Crippen LogP) is 2.30. The van der Waals surface area contributed by atoms with E-state index in [4.69, 9.17) is 4.74 Å². The quantitative estimate of drug-likeness (QED) is 0.751. The van der Waals surface area contributed by atoms with Crippen molar-refractivity contribution >= 4 is 5.97 Å². The molecule has 1 saturated carbocycles. The van der Waals surface area contributed by atoms with E-state index in [1.807, 2.05) is 25.1 Å². The highest BCUT2D eigenvalue weighted by atomic mass is 16.5. The predicted molar refractivity (Wildman–Crippen MR) is 71.3 cm³/mol. The molecule has 3 heteroatoms. The van der Waals surface area contributed by atoms with Gasteiger partial charge in [-0.1, -0.05) is 30.3 Å². The molecule has 1 aromatic rings. The Morgan fingerprint density at radius 1 is 1.39 bits per heavy atom. The van der Waals surface area contributed by atoms with Crippen LogP contribution >= 0.6 is 0 Å². The summed E-state index contributed by atoms with van der Waals surface area (Å²) in [5, 5.41) is 3.53. The van der Waals surface area contributed by atoms with E-state index in [2.05, 4.69) is 17.4 Å². The second-order valence-electron chi connectivity index (χ2n) is 4.84. The third-order valence-electron chi connectivity index (χ3n) is 3.09. The van der Waals surface area contributed by atoms with Crippen LogP contribution in [0.15, 0.2) is 30.3 Å². The summed E-state index contributed by atoms with van der Waals surface area (Å²) in [6.45, 7) is 2.30. The first-order valence-corrected chi connectivity index (χ1v) is 6.73. The maximum atomic E-state index is 11.6. The Kier molecular flexibility index (Phi) is 4.76. The van der Waals surface area contributed by atoms with Crippen molar-refractivity contribution in [1.82, 2.24) is 5.32 Å². The van der Waals surface area contributed by atoms with E-state index >= 15 is 0 Å². The minimum Gasteiger partial charge on any atom is -0.466 e. The highest BCUT2D eigenvalue weighted by Crippen LogP contribution is 2.21. The summed E-state index contributed by atoms with van der Waals surface area (Å²) in [5.74, 6) is -0.105. The Hall–Kier alpha value is -1.35. The van der Waals surface area contributed by atoms with E-state index in [0.717, 1.165) is 6.42 Å². The standard InChI is InChI=1S/C15H21NO2/c1-2-18-15(17)11-14(16-13-8-9-13)10-12-6-4-3-5-7-12/h3-7,13-14,16H,2,8-11H2,1H3/t14-/m1/s1. The molecule has 0 aliphatic heterocycles. The zero-order chi connectivity index (χ0) is 12.8. The maximum Gasteiger partial charge on any atom is 0.307 e. The van der Waals surface area contributed by atoms with Gasteiger partial charge in [-0.3, -0.25) is 4.79 Å². The lowest BCUT2D eigenvalue weighted by atomic mass is 10.0. The Balaban J connectivity index is 1.89. The van der Waals surface area contributed by atoms with Gasteiger partial charge in [-0.05, 0) is 31.7 Å². The molecule has 1 aliphatic carbocycles. The molecule has 0 saturated heterocycles. The van der Waals surface area contributed by atoms with Crippen LogP contribution in [0.1, 0.15) is 31.7 Å². The number of benzene rings is 1. The van der Waals surface area contributed by atoms with Gasteiger partial charge in [0.25, 0.3) is 0 Å². The van der Waals surface area contributed by atoms with Crippen LogP contribution in [0.4, 0.5) is 0 Å². The van der Waals surface area contributed by atoms with Crippen LogP contribution in [-0.2, 0) is 16.0 Å². The van der Waals surface area contributed by atoms with E-state index in [0.29, 0.717) is 19.1 Å². The molecule has 98 valence electrons. The fourth-order valence-corrected chi connectivity index (χ4v) is 2.09. The van der Waals surface area contributed by atoms with Crippen LogP contribution in [0.25, 0.3) is 0 Å². The molecule has 0 heterocycles. The fourth-order valence-electron chi connectivity index (χ4n) is 2.09.